The maximum atomic E-state index is 13.9. The zero-order chi connectivity index (χ0) is 16.6. The number of piperazine rings is 1. The van der Waals surface area contributed by atoms with E-state index in [0.717, 1.165) is 30.1 Å². The lowest BCUT2D eigenvalue weighted by Gasteiger charge is -2.33. The van der Waals surface area contributed by atoms with Crippen molar-refractivity contribution in [2.24, 2.45) is 5.92 Å². The van der Waals surface area contributed by atoms with E-state index >= 15 is 0 Å². The monoisotopic (exact) mass is 323 g/mol. The highest BCUT2D eigenvalue weighted by Gasteiger charge is 2.39. The molecule has 0 aliphatic carbocycles. The second kappa shape index (κ2) is 6.23. The van der Waals surface area contributed by atoms with E-state index in [4.69, 9.17) is 0 Å². The number of nitrogens with zero attached hydrogens (tertiary/aromatic N) is 3. The second-order valence-corrected chi connectivity index (χ2v) is 6.10. The molecule has 0 radical (unpaired) electrons. The van der Waals surface area contributed by atoms with Gasteiger partial charge in [0.2, 0.25) is 11.8 Å². The number of halogens is 2. The van der Waals surface area contributed by atoms with Gasteiger partial charge in [-0.15, -0.1) is 0 Å². The fourth-order valence-corrected chi connectivity index (χ4v) is 3.12. The van der Waals surface area contributed by atoms with Crippen LogP contribution in [0.2, 0.25) is 0 Å². The van der Waals surface area contributed by atoms with E-state index in [9.17, 15) is 18.4 Å². The lowest BCUT2D eigenvalue weighted by molar-refractivity contribution is -0.137. The fraction of sp³-hybridized carbons (Fsp3) is 0.500. The molecule has 1 aromatic carbocycles. The molecule has 2 aliphatic rings. The van der Waals surface area contributed by atoms with Crippen LogP contribution < -0.4 is 4.90 Å². The molecular weight excluding hydrogens is 304 g/mol. The van der Waals surface area contributed by atoms with Crippen LogP contribution in [0.1, 0.15) is 6.42 Å². The van der Waals surface area contributed by atoms with E-state index < -0.39 is 23.5 Å². The van der Waals surface area contributed by atoms with Gasteiger partial charge in [0.1, 0.15) is 17.3 Å². The van der Waals surface area contributed by atoms with Crippen LogP contribution in [0.5, 0.6) is 0 Å². The summed E-state index contributed by atoms with van der Waals surface area (Å²) in [4.78, 5) is 29.6. The number of anilines is 1. The molecule has 2 fully saturated rings. The number of carbonyl (C=O) groups is 2. The molecule has 0 spiro atoms. The van der Waals surface area contributed by atoms with Crippen LogP contribution in [-0.4, -0.2) is 61.4 Å². The molecule has 1 unspecified atom stereocenters. The van der Waals surface area contributed by atoms with Gasteiger partial charge < -0.3 is 14.7 Å². The third-order valence-corrected chi connectivity index (χ3v) is 4.50. The Morgan fingerprint density at radius 3 is 2.35 bits per heavy atom. The van der Waals surface area contributed by atoms with Crippen LogP contribution in [0.25, 0.3) is 0 Å². The minimum Gasteiger partial charge on any atom is -0.340 e. The summed E-state index contributed by atoms with van der Waals surface area (Å²) < 4.78 is 27.7. The Morgan fingerprint density at radius 1 is 1.13 bits per heavy atom. The maximum absolute atomic E-state index is 13.9. The number of rotatable bonds is 2. The van der Waals surface area contributed by atoms with Crippen molar-refractivity contribution in [2.75, 3.05) is 44.7 Å². The lowest BCUT2D eigenvalue weighted by atomic mass is 10.1. The van der Waals surface area contributed by atoms with Gasteiger partial charge in [-0.05, 0) is 19.2 Å². The zero-order valence-corrected chi connectivity index (χ0v) is 13.0. The minimum absolute atomic E-state index is 0.00104. The van der Waals surface area contributed by atoms with Gasteiger partial charge in [-0.2, -0.15) is 0 Å². The highest BCUT2D eigenvalue weighted by Crippen LogP contribution is 2.30. The van der Waals surface area contributed by atoms with Crippen molar-refractivity contribution in [2.45, 2.75) is 6.42 Å². The molecule has 1 aromatic rings. The average molecular weight is 323 g/mol. The molecule has 124 valence electrons. The van der Waals surface area contributed by atoms with Gasteiger partial charge in [-0.3, -0.25) is 9.59 Å². The predicted molar refractivity (Wildman–Crippen MR) is 80.9 cm³/mol. The van der Waals surface area contributed by atoms with Gasteiger partial charge in [0.25, 0.3) is 0 Å². The van der Waals surface area contributed by atoms with Crippen LogP contribution in [-0.2, 0) is 9.59 Å². The van der Waals surface area contributed by atoms with E-state index in [2.05, 4.69) is 4.90 Å². The molecule has 3 rings (SSSR count). The van der Waals surface area contributed by atoms with E-state index in [1.54, 1.807) is 4.90 Å². The second-order valence-electron chi connectivity index (χ2n) is 6.10. The first-order valence-corrected chi connectivity index (χ1v) is 7.69. The van der Waals surface area contributed by atoms with Crippen molar-refractivity contribution in [1.29, 1.82) is 0 Å². The Morgan fingerprint density at radius 2 is 1.74 bits per heavy atom. The summed E-state index contributed by atoms with van der Waals surface area (Å²) in [6.07, 6.45) is -0.00104. The normalized spacial score (nSPS) is 22.7. The summed E-state index contributed by atoms with van der Waals surface area (Å²) in [5.74, 6) is -2.63. The topological polar surface area (TPSA) is 43.9 Å². The number of hydrogen-bond acceptors (Lipinski definition) is 3. The van der Waals surface area contributed by atoms with Crippen molar-refractivity contribution in [3.63, 3.8) is 0 Å². The molecule has 1 atom stereocenters. The predicted octanol–water partition coefficient (Wildman–Crippen LogP) is 1.09. The molecule has 0 aromatic heterocycles. The van der Waals surface area contributed by atoms with Crippen molar-refractivity contribution < 1.29 is 18.4 Å². The van der Waals surface area contributed by atoms with Crippen LogP contribution in [0.4, 0.5) is 14.5 Å². The summed E-state index contributed by atoms with van der Waals surface area (Å²) in [7, 11) is 1.99. The Kier molecular flexibility index (Phi) is 4.30. The summed E-state index contributed by atoms with van der Waals surface area (Å²) in [6.45, 7) is 2.85. The van der Waals surface area contributed by atoms with Gasteiger partial charge >= 0.3 is 0 Å². The van der Waals surface area contributed by atoms with Crippen molar-refractivity contribution in [3.05, 3.63) is 29.8 Å². The van der Waals surface area contributed by atoms with E-state index in [1.165, 1.54) is 6.07 Å². The maximum Gasteiger partial charge on any atom is 0.228 e. The van der Waals surface area contributed by atoms with Gasteiger partial charge in [-0.1, -0.05) is 6.07 Å². The third kappa shape index (κ3) is 3.06. The number of carbonyl (C=O) groups excluding carboxylic acids is 2. The molecule has 7 heteroatoms. The Hall–Kier alpha value is -2.02. The van der Waals surface area contributed by atoms with Crippen LogP contribution in [0, 0.1) is 17.6 Å². The molecule has 23 heavy (non-hydrogen) atoms. The number of amides is 2. The summed E-state index contributed by atoms with van der Waals surface area (Å²) in [5, 5.41) is 0. The SMILES string of the molecule is CN1CCN(C(=O)C2CC(=O)N(c3c(F)cccc3F)C2)CC1. The molecule has 2 heterocycles. The lowest BCUT2D eigenvalue weighted by Crippen LogP contribution is -2.49. The fourth-order valence-electron chi connectivity index (χ4n) is 3.12. The third-order valence-electron chi connectivity index (χ3n) is 4.50. The standard InChI is InChI=1S/C16H19F2N3O2/c1-19-5-7-20(8-6-19)16(23)11-9-14(22)21(10-11)15-12(17)3-2-4-13(15)18/h2-4,11H,5-10H2,1H3. The molecule has 0 bridgehead atoms. The first-order chi connectivity index (χ1) is 11.0. The van der Waals surface area contributed by atoms with Crippen LogP contribution in [0.3, 0.4) is 0 Å². The van der Waals surface area contributed by atoms with E-state index in [1.807, 2.05) is 7.05 Å². The van der Waals surface area contributed by atoms with E-state index in [0.29, 0.717) is 13.1 Å². The molecule has 2 amide bonds. The van der Waals surface area contributed by atoms with Crippen molar-refractivity contribution in [1.82, 2.24) is 9.80 Å². The minimum atomic E-state index is -0.786. The van der Waals surface area contributed by atoms with Crippen LogP contribution >= 0.6 is 0 Å². The number of hydrogen-bond donors (Lipinski definition) is 0. The van der Waals surface area contributed by atoms with Gasteiger partial charge in [0, 0.05) is 39.1 Å². The van der Waals surface area contributed by atoms with Crippen LogP contribution in [0.15, 0.2) is 18.2 Å². The summed E-state index contributed by atoms with van der Waals surface area (Å²) in [5.41, 5.74) is -0.355. The first kappa shape index (κ1) is 15.9. The largest absolute Gasteiger partial charge is 0.340 e. The molecular formula is C16H19F2N3O2. The quantitative estimate of drug-likeness (QED) is 0.818. The van der Waals surface area contributed by atoms with Crippen molar-refractivity contribution in [3.8, 4) is 0 Å². The molecule has 2 aliphatic heterocycles. The van der Waals surface area contributed by atoms with Gasteiger partial charge in [0.15, 0.2) is 0 Å². The smallest absolute Gasteiger partial charge is 0.228 e. The van der Waals surface area contributed by atoms with Gasteiger partial charge in [-0.25, -0.2) is 8.78 Å². The Bertz CT molecular complexity index is 610. The number of likely N-dealkylation sites (N-methyl/N-ethyl adjacent to an activating group) is 1. The molecule has 2 saturated heterocycles. The average Bonchev–Trinajstić information content (AvgIpc) is 2.89. The Labute approximate surface area is 133 Å². The molecule has 0 saturated carbocycles. The first-order valence-electron chi connectivity index (χ1n) is 7.69. The highest BCUT2D eigenvalue weighted by molar-refractivity contribution is 6.00. The Balaban J connectivity index is 1.74. The number of para-hydroxylation sites is 1. The molecule has 5 nitrogen and oxygen atoms in total. The zero-order valence-electron chi connectivity index (χ0n) is 13.0. The molecule has 0 N–H and O–H groups in total. The van der Waals surface area contributed by atoms with Crippen molar-refractivity contribution >= 4 is 17.5 Å². The summed E-state index contributed by atoms with van der Waals surface area (Å²) in [6, 6.07) is 3.48. The highest BCUT2D eigenvalue weighted by atomic mass is 19.1. The number of benzene rings is 1. The summed E-state index contributed by atoms with van der Waals surface area (Å²) >= 11 is 0. The van der Waals surface area contributed by atoms with E-state index in [-0.39, 0.29) is 24.6 Å². The van der Waals surface area contributed by atoms with Gasteiger partial charge in [0.05, 0.1) is 5.92 Å².